The van der Waals surface area contributed by atoms with Crippen LogP contribution in [0.2, 0.25) is 0 Å². The highest BCUT2D eigenvalue weighted by Gasteiger charge is 2.55. The topological polar surface area (TPSA) is 81.9 Å². The number of carbonyl (C=O) groups excluding carboxylic acids is 1. The number of hydrogen-bond donors (Lipinski definition) is 1. The molecule has 2 bridgehead atoms. The van der Waals surface area contributed by atoms with Crippen molar-refractivity contribution in [3.05, 3.63) is 109 Å². The van der Waals surface area contributed by atoms with E-state index in [4.69, 9.17) is 9.73 Å². The largest absolute Gasteiger partial charge is 0.465 e. The van der Waals surface area contributed by atoms with E-state index in [1.807, 2.05) is 55.5 Å². The van der Waals surface area contributed by atoms with Crippen molar-refractivity contribution in [3.63, 3.8) is 0 Å². The number of amides is 1. The zero-order chi connectivity index (χ0) is 27.3. The van der Waals surface area contributed by atoms with E-state index in [2.05, 4.69) is 10.1 Å². The second-order valence-electron chi connectivity index (χ2n) is 9.55. The van der Waals surface area contributed by atoms with Crippen LogP contribution in [0.25, 0.3) is 6.08 Å². The van der Waals surface area contributed by atoms with Crippen LogP contribution < -0.4 is 29.7 Å². The molecule has 0 spiro atoms. The molecule has 39 heavy (non-hydrogen) atoms. The number of thiazole rings is 1. The fourth-order valence-electron chi connectivity index (χ4n) is 5.16. The van der Waals surface area contributed by atoms with Crippen LogP contribution in [0, 0.1) is 12.8 Å². The number of nitrogens with one attached hydrogen (secondary N) is 1. The van der Waals surface area contributed by atoms with Crippen LogP contribution in [-0.2, 0) is 4.79 Å². The minimum atomic E-state index is -2.92. The SMILES string of the molecule is Cc1ccccc1NC(=O)C1C2c3ccccc3OC1(C)N=c1s/c(=C/c3ccc(OC(F)F)cc3)c(=O)n12. The Balaban J connectivity index is 1.47. The van der Waals surface area contributed by atoms with Gasteiger partial charge in [0.25, 0.3) is 5.56 Å². The maximum absolute atomic E-state index is 13.8. The van der Waals surface area contributed by atoms with Crippen LogP contribution in [0.1, 0.15) is 29.7 Å². The fourth-order valence-corrected chi connectivity index (χ4v) is 6.26. The molecule has 4 aromatic rings. The van der Waals surface area contributed by atoms with Crippen LogP contribution in [0.15, 0.2) is 82.6 Å². The van der Waals surface area contributed by atoms with Crippen LogP contribution >= 0.6 is 11.3 Å². The van der Waals surface area contributed by atoms with Gasteiger partial charge in [0, 0.05) is 11.3 Å². The summed E-state index contributed by atoms with van der Waals surface area (Å²) in [6, 6.07) is 20.2. The quantitative estimate of drug-likeness (QED) is 0.406. The van der Waals surface area contributed by atoms with E-state index in [1.54, 1.807) is 29.7 Å². The van der Waals surface area contributed by atoms with Crippen molar-refractivity contribution in [2.75, 3.05) is 5.32 Å². The first-order chi connectivity index (χ1) is 18.7. The number of nitrogens with zero attached hydrogens (tertiary/aromatic N) is 2. The van der Waals surface area contributed by atoms with E-state index in [9.17, 15) is 18.4 Å². The lowest BCUT2D eigenvalue weighted by Gasteiger charge is -2.45. The predicted molar refractivity (Wildman–Crippen MR) is 143 cm³/mol. The summed E-state index contributed by atoms with van der Waals surface area (Å²) < 4.78 is 37.7. The molecule has 10 heteroatoms. The minimum absolute atomic E-state index is 0.0253. The highest BCUT2D eigenvalue weighted by molar-refractivity contribution is 7.07. The number of anilines is 1. The van der Waals surface area contributed by atoms with Crippen LogP contribution in [-0.4, -0.2) is 22.8 Å². The van der Waals surface area contributed by atoms with Gasteiger partial charge in [0.2, 0.25) is 11.6 Å². The molecule has 0 fully saturated rings. The molecule has 0 radical (unpaired) electrons. The summed E-state index contributed by atoms with van der Waals surface area (Å²) in [6.07, 6.45) is 1.67. The molecule has 3 aromatic carbocycles. The van der Waals surface area contributed by atoms with Crippen molar-refractivity contribution in [1.82, 2.24) is 4.57 Å². The Hall–Kier alpha value is -4.31. The third-order valence-electron chi connectivity index (χ3n) is 6.97. The van der Waals surface area contributed by atoms with Crippen LogP contribution in [0.3, 0.4) is 0 Å². The maximum Gasteiger partial charge on any atom is 0.387 e. The first-order valence-corrected chi connectivity index (χ1v) is 13.1. The average Bonchev–Trinajstić information content (AvgIpc) is 3.18. The second kappa shape index (κ2) is 9.46. The van der Waals surface area contributed by atoms with E-state index in [0.717, 1.165) is 11.1 Å². The lowest BCUT2D eigenvalue weighted by Crippen LogP contribution is -2.59. The lowest BCUT2D eigenvalue weighted by molar-refractivity contribution is -0.131. The van der Waals surface area contributed by atoms with Gasteiger partial charge < -0.3 is 14.8 Å². The van der Waals surface area contributed by atoms with Crippen molar-refractivity contribution in [2.24, 2.45) is 10.9 Å². The summed E-state index contributed by atoms with van der Waals surface area (Å²) in [6.45, 7) is 0.749. The van der Waals surface area contributed by atoms with Gasteiger partial charge >= 0.3 is 6.61 Å². The Morgan fingerprint density at radius 1 is 1.13 bits per heavy atom. The third-order valence-corrected chi connectivity index (χ3v) is 7.95. The monoisotopic (exact) mass is 547 g/mol. The highest BCUT2D eigenvalue weighted by atomic mass is 32.1. The van der Waals surface area contributed by atoms with E-state index < -0.39 is 24.3 Å². The summed E-state index contributed by atoms with van der Waals surface area (Å²) in [7, 11) is 0. The number of fused-ring (bicyclic) bond motifs is 6. The number of para-hydroxylation sites is 2. The van der Waals surface area contributed by atoms with Crippen molar-refractivity contribution in [2.45, 2.75) is 32.2 Å². The van der Waals surface area contributed by atoms with E-state index in [0.29, 0.717) is 26.3 Å². The third kappa shape index (κ3) is 4.40. The molecule has 2 aliphatic rings. The Bertz CT molecular complexity index is 1770. The summed E-state index contributed by atoms with van der Waals surface area (Å²) in [5.74, 6) is -0.542. The summed E-state index contributed by atoms with van der Waals surface area (Å²) in [5.41, 5.74) is 1.38. The van der Waals surface area contributed by atoms with Crippen LogP contribution in [0.5, 0.6) is 11.5 Å². The Morgan fingerprint density at radius 2 is 1.85 bits per heavy atom. The number of hydrogen-bond acceptors (Lipinski definition) is 6. The minimum Gasteiger partial charge on any atom is -0.465 e. The number of benzene rings is 3. The molecule has 0 saturated carbocycles. The Kier molecular flexibility index (Phi) is 6.06. The van der Waals surface area contributed by atoms with Crippen molar-refractivity contribution < 1.29 is 23.0 Å². The molecule has 2 aliphatic heterocycles. The van der Waals surface area contributed by atoms with Gasteiger partial charge in [-0.25, -0.2) is 4.99 Å². The molecule has 198 valence electrons. The molecule has 1 aromatic heterocycles. The Labute approximate surface area is 225 Å². The van der Waals surface area contributed by atoms with Crippen molar-refractivity contribution in [3.8, 4) is 11.5 Å². The number of aryl methyl sites for hydroxylation is 1. The van der Waals surface area contributed by atoms with Gasteiger partial charge in [-0.3, -0.25) is 14.2 Å². The Morgan fingerprint density at radius 3 is 2.59 bits per heavy atom. The van der Waals surface area contributed by atoms with E-state index >= 15 is 0 Å². The molecule has 3 heterocycles. The summed E-state index contributed by atoms with van der Waals surface area (Å²) in [4.78, 5) is 32.9. The van der Waals surface area contributed by atoms with Gasteiger partial charge in [-0.05, 0) is 55.3 Å². The molecule has 0 aliphatic carbocycles. The van der Waals surface area contributed by atoms with Crippen molar-refractivity contribution in [1.29, 1.82) is 0 Å². The lowest BCUT2D eigenvalue weighted by atomic mass is 9.80. The number of rotatable bonds is 5. The van der Waals surface area contributed by atoms with E-state index in [-0.39, 0.29) is 17.2 Å². The molecule has 1 amide bonds. The van der Waals surface area contributed by atoms with Gasteiger partial charge in [0.05, 0.1) is 10.6 Å². The molecule has 6 rings (SSSR count). The molecular formula is C29H23F2N3O4S. The number of aromatic nitrogens is 1. The maximum atomic E-state index is 13.8. The molecule has 3 unspecified atom stereocenters. The summed E-state index contributed by atoms with van der Waals surface area (Å²) >= 11 is 1.19. The molecule has 3 atom stereocenters. The molecule has 7 nitrogen and oxygen atoms in total. The number of alkyl halides is 2. The van der Waals surface area contributed by atoms with Gasteiger partial charge in [0.15, 0.2) is 4.80 Å². The normalized spacial score (nSPS) is 21.4. The highest BCUT2D eigenvalue weighted by Crippen LogP contribution is 2.47. The van der Waals surface area contributed by atoms with Crippen molar-refractivity contribution >= 4 is 29.0 Å². The van der Waals surface area contributed by atoms with Gasteiger partial charge in [-0.2, -0.15) is 8.78 Å². The first kappa shape index (κ1) is 25.0. The van der Waals surface area contributed by atoms with E-state index in [1.165, 1.54) is 23.5 Å². The fraction of sp³-hybridized carbons (Fsp3) is 0.207. The first-order valence-electron chi connectivity index (χ1n) is 12.3. The molecular weight excluding hydrogens is 524 g/mol. The number of halogens is 2. The predicted octanol–water partition coefficient (Wildman–Crippen LogP) is 4.23. The molecule has 1 N–H and O–H groups in total. The van der Waals surface area contributed by atoms with Gasteiger partial charge in [0.1, 0.15) is 17.4 Å². The second-order valence-corrected chi connectivity index (χ2v) is 10.6. The summed E-state index contributed by atoms with van der Waals surface area (Å²) in [5, 5.41) is 3.02. The smallest absolute Gasteiger partial charge is 0.387 e. The van der Waals surface area contributed by atoms with Gasteiger partial charge in [-0.1, -0.05) is 59.9 Å². The number of ether oxygens (including phenoxy) is 2. The van der Waals surface area contributed by atoms with Crippen LogP contribution in [0.4, 0.5) is 14.5 Å². The number of carbonyl (C=O) groups is 1. The van der Waals surface area contributed by atoms with Gasteiger partial charge in [-0.15, -0.1) is 0 Å². The molecule has 0 saturated heterocycles. The zero-order valence-corrected chi connectivity index (χ0v) is 21.7. The zero-order valence-electron chi connectivity index (χ0n) is 20.9. The standard InChI is InChI=1S/C29H23F2N3O4S/c1-16-7-3-5-9-20(16)32-25(35)23-24-19-8-4-6-10-21(19)38-29(23,2)33-28-34(24)26(36)22(39-28)15-17-11-13-18(14-12-17)37-27(30)31/h3-15,23-24,27H,1-2H3,(H,32,35)/b22-15+. The average molecular weight is 548 g/mol.